The Bertz CT molecular complexity index is 182. The van der Waals surface area contributed by atoms with Crippen molar-refractivity contribution < 1.29 is 14.3 Å². The summed E-state index contributed by atoms with van der Waals surface area (Å²) in [7, 11) is 1.51. The fourth-order valence-corrected chi connectivity index (χ4v) is 0.659. The average molecular weight is 170 g/mol. The van der Waals surface area contributed by atoms with E-state index >= 15 is 0 Å². The van der Waals surface area contributed by atoms with Crippen LogP contribution in [0.3, 0.4) is 0 Å². The maximum absolute atomic E-state index is 10.9. The quantitative estimate of drug-likeness (QED) is 0.272. The Morgan fingerprint density at radius 1 is 1.58 bits per heavy atom. The molecule has 0 N–H and O–H groups in total. The third-order valence-corrected chi connectivity index (χ3v) is 1.17. The van der Waals surface area contributed by atoms with Crippen molar-refractivity contribution in [1.29, 1.82) is 0 Å². The van der Waals surface area contributed by atoms with Gasteiger partial charge in [-0.2, -0.15) is 0 Å². The van der Waals surface area contributed by atoms with Crippen LogP contribution in [0.5, 0.6) is 0 Å². The third-order valence-electron chi connectivity index (χ3n) is 1.17. The zero-order valence-corrected chi connectivity index (χ0v) is 7.50. The first-order valence-corrected chi connectivity index (χ1v) is 3.76. The highest BCUT2D eigenvalue weighted by Crippen LogP contribution is 2.02. The second-order valence-electron chi connectivity index (χ2n) is 2.06. The van der Waals surface area contributed by atoms with Crippen LogP contribution in [0.4, 0.5) is 0 Å². The number of rotatable bonds is 5. The molecule has 3 nitrogen and oxygen atoms in total. The van der Waals surface area contributed by atoms with Gasteiger partial charge in [-0.25, -0.2) is 4.79 Å². The van der Waals surface area contributed by atoms with Crippen LogP contribution in [-0.2, 0) is 14.3 Å². The normalized spacial score (nSPS) is 10.7. The largest absolute Gasteiger partial charge is 0.501 e. The fourth-order valence-electron chi connectivity index (χ4n) is 0.659. The maximum Gasteiger partial charge on any atom is 0.334 e. The van der Waals surface area contributed by atoms with E-state index in [1.807, 2.05) is 0 Å². The van der Waals surface area contributed by atoms with Crippen LogP contribution >= 0.6 is 0 Å². The van der Waals surface area contributed by atoms with Crippen LogP contribution in [0.1, 0.15) is 13.3 Å². The molecular weight excluding hydrogens is 156 g/mol. The molecule has 0 atom stereocenters. The first kappa shape index (κ1) is 10.8. The van der Waals surface area contributed by atoms with Crippen molar-refractivity contribution in [2.75, 3.05) is 13.7 Å². The van der Waals surface area contributed by atoms with Gasteiger partial charge in [0.05, 0.1) is 19.8 Å². The van der Waals surface area contributed by atoms with Crippen LogP contribution < -0.4 is 0 Å². The summed E-state index contributed by atoms with van der Waals surface area (Å²) in [4.78, 5) is 10.9. The first-order valence-electron chi connectivity index (χ1n) is 3.76. The van der Waals surface area contributed by atoms with Crippen LogP contribution in [0.25, 0.3) is 0 Å². The molecule has 0 aromatic heterocycles. The predicted molar refractivity (Wildman–Crippen MR) is 46.5 cm³/mol. The minimum absolute atomic E-state index is 0.375. The number of methoxy groups -OCH3 is 1. The van der Waals surface area contributed by atoms with Gasteiger partial charge in [-0.05, 0) is 6.92 Å². The lowest BCUT2D eigenvalue weighted by atomic mass is 10.3. The van der Waals surface area contributed by atoms with E-state index in [-0.39, 0.29) is 5.97 Å². The van der Waals surface area contributed by atoms with Gasteiger partial charge >= 0.3 is 5.97 Å². The van der Waals surface area contributed by atoms with Crippen molar-refractivity contribution in [3.8, 4) is 0 Å². The fraction of sp³-hybridized carbons (Fsp3) is 0.444. The molecule has 0 radical (unpaired) electrons. The molecule has 0 aliphatic rings. The van der Waals surface area contributed by atoms with Gasteiger partial charge in [-0.15, -0.1) is 6.58 Å². The van der Waals surface area contributed by atoms with Crippen LogP contribution in [0.15, 0.2) is 24.5 Å². The lowest BCUT2D eigenvalue weighted by molar-refractivity contribution is -0.137. The Morgan fingerprint density at radius 2 is 2.25 bits per heavy atom. The lowest BCUT2D eigenvalue weighted by Crippen LogP contribution is -2.01. The molecule has 0 rings (SSSR count). The zero-order chi connectivity index (χ0) is 9.40. The second-order valence-corrected chi connectivity index (χ2v) is 2.06. The summed E-state index contributed by atoms with van der Waals surface area (Å²) >= 11 is 0. The van der Waals surface area contributed by atoms with Crippen LogP contribution in [0.2, 0.25) is 0 Å². The van der Waals surface area contributed by atoms with Gasteiger partial charge in [-0.1, -0.05) is 6.08 Å². The highest BCUT2D eigenvalue weighted by Gasteiger charge is 1.99. The molecule has 0 aromatic carbocycles. The molecule has 0 saturated heterocycles. The summed E-state index contributed by atoms with van der Waals surface area (Å²) in [5.74, 6) is 0.180. The van der Waals surface area contributed by atoms with E-state index in [1.165, 1.54) is 13.2 Å². The lowest BCUT2D eigenvalue weighted by Gasteiger charge is -2.02. The zero-order valence-electron chi connectivity index (χ0n) is 7.50. The monoisotopic (exact) mass is 170 g/mol. The average Bonchev–Trinajstić information content (AvgIpc) is 2.04. The molecule has 0 saturated carbocycles. The van der Waals surface area contributed by atoms with E-state index in [9.17, 15) is 4.79 Å². The Hall–Kier alpha value is -1.25. The van der Waals surface area contributed by atoms with E-state index in [2.05, 4.69) is 6.58 Å². The van der Waals surface area contributed by atoms with E-state index in [0.717, 1.165) is 0 Å². The molecule has 0 aliphatic heterocycles. The van der Waals surface area contributed by atoms with Gasteiger partial charge < -0.3 is 9.47 Å². The van der Waals surface area contributed by atoms with E-state index in [4.69, 9.17) is 9.47 Å². The molecule has 0 aliphatic carbocycles. The molecule has 0 unspecified atom stereocenters. The van der Waals surface area contributed by atoms with Gasteiger partial charge in [0.15, 0.2) is 0 Å². The highest BCUT2D eigenvalue weighted by molar-refractivity contribution is 5.82. The smallest absolute Gasteiger partial charge is 0.334 e. The third kappa shape index (κ3) is 4.55. The van der Waals surface area contributed by atoms with Crippen molar-refractivity contribution in [3.05, 3.63) is 24.5 Å². The molecule has 3 heteroatoms. The number of hydrogen-bond acceptors (Lipinski definition) is 3. The molecule has 0 bridgehead atoms. The summed E-state index contributed by atoms with van der Waals surface area (Å²) in [5, 5.41) is 0. The SMILES string of the molecule is C=CC/C(=C/C(=O)OCC)OC. The molecule has 0 heterocycles. The molecule has 12 heavy (non-hydrogen) atoms. The molecule has 0 fully saturated rings. The number of allylic oxidation sites excluding steroid dienone is 1. The first-order chi connectivity index (χ1) is 5.74. The van der Waals surface area contributed by atoms with Gasteiger partial charge in [0, 0.05) is 6.42 Å². The van der Waals surface area contributed by atoms with Gasteiger partial charge in [0.2, 0.25) is 0 Å². The van der Waals surface area contributed by atoms with E-state index in [0.29, 0.717) is 18.8 Å². The van der Waals surface area contributed by atoms with Crippen molar-refractivity contribution in [1.82, 2.24) is 0 Å². The Kier molecular flexibility index (Phi) is 5.79. The van der Waals surface area contributed by atoms with Crippen molar-refractivity contribution in [2.24, 2.45) is 0 Å². The number of hydrogen-bond donors (Lipinski definition) is 0. The highest BCUT2D eigenvalue weighted by atomic mass is 16.5. The summed E-state index contributed by atoms with van der Waals surface area (Å²) in [5.41, 5.74) is 0. The maximum atomic E-state index is 10.9. The molecule has 68 valence electrons. The standard InChI is InChI=1S/C9H14O3/c1-4-6-8(11-3)7-9(10)12-5-2/h4,7H,1,5-6H2,2-3H3/b8-7-. The molecule has 0 spiro atoms. The summed E-state index contributed by atoms with van der Waals surface area (Å²) in [6.45, 7) is 5.66. The number of ether oxygens (including phenoxy) is 2. The van der Waals surface area contributed by atoms with Crippen molar-refractivity contribution in [2.45, 2.75) is 13.3 Å². The predicted octanol–water partition coefficient (Wildman–Crippen LogP) is 1.66. The molecule has 0 aromatic rings. The molecular formula is C9H14O3. The van der Waals surface area contributed by atoms with Crippen LogP contribution in [0, 0.1) is 0 Å². The Balaban J connectivity index is 4.06. The minimum Gasteiger partial charge on any atom is -0.501 e. The molecule has 0 amide bonds. The Labute approximate surface area is 72.7 Å². The number of carbonyl (C=O) groups is 1. The Morgan fingerprint density at radius 3 is 2.67 bits per heavy atom. The topological polar surface area (TPSA) is 35.5 Å². The summed E-state index contributed by atoms with van der Waals surface area (Å²) < 4.78 is 9.59. The van der Waals surface area contributed by atoms with Crippen molar-refractivity contribution in [3.63, 3.8) is 0 Å². The van der Waals surface area contributed by atoms with E-state index < -0.39 is 0 Å². The van der Waals surface area contributed by atoms with Crippen LogP contribution in [-0.4, -0.2) is 19.7 Å². The van der Waals surface area contributed by atoms with E-state index in [1.54, 1.807) is 13.0 Å². The van der Waals surface area contributed by atoms with Gasteiger partial charge in [0.25, 0.3) is 0 Å². The minimum atomic E-state index is -0.379. The van der Waals surface area contributed by atoms with Crippen molar-refractivity contribution >= 4 is 5.97 Å². The second kappa shape index (κ2) is 6.46. The van der Waals surface area contributed by atoms with Gasteiger partial charge in [-0.3, -0.25) is 0 Å². The number of esters is 1. The van der Waals surface area contributed by atoms with Gasteiger partial charge in [0.1, 0.15) is 5.76 Å². The summed E-state index contributed by atoms with van der Waals surface area (Å²) in [6, 6.07) is 0. The number of carbonyl (C=O) groups excluding carboxylic acids is 1. The summed E-state index contributed by atoms with van der Waals surface area (Å²) in [6.07, 6.45) is 3.52.